The zero-order chi connectivity index (χ0) is 18.2. The summed E-state index contributed by atoms with van der Waals surface area (Å²) in [7, 11) is -1.55. The van der Waals surface area contributed by atoms with E-state index in [0.29, 0.717) is 23.4 Å². The van der Waals surface area contributed by atoms with Crippen LogP contribution >= 0.6 is 0 Å². The van der Waals surface area contributed by atoms with Gasteiger partial charge in [0.2, 0.25) is 0 Å². The van der Waals surface area contributed by atoms with Crippen LogP contribution < -0.4 is 9.64 Å². The number of rotatable bonds is 4. The molecule has 1 saturated heterocycles. The molecule has 25 heavy (non-hydrogen) atoms. The fraction of sp³-hybridized carbons (Fsp3) is 0.500. The van der Waals surface area contributed by atoms with Gasteiger partial charge in [-0.15, -0.1) is 0 Å². The zero-order valence-electron chi connectivity index (χ0n) is 13.8. The van der Waals surface area contributed by atoms with E-state index in [2.05, 4.69) is 0 Å². The molecule has 8 nitrogen and oxygen atoms in total. The molecule has 1 N–H and O–H groups in total. The molecule has 0 aromatic heterocycles. The van der Waals surface area contributed by atoms with E-state index in [0.717, 1.165) is 0 Å². The molecule has 3 rings (SSSR count). The number of aliphatic hydroxyl groups is 1. The van der Waals surface area contributed by atoms with Crippen molar-refractivity contribution < 1.29 is 27.9 Å². The van der Waals surface area contributed by atoms with Gasteiger partial charge in [-0.2, -0.15) is 0 Å². The van der Waals surface area contributed by atoms with Gasteiger partial charge in [-0.25, -0.2) is 8.42 Å². The Morgan fingerprint density at radius 2 is 2.20 bits per heavy atom. The molecule has 2 aliphatic rings. The Balaban J connectivity index is 1.89. The van der Waals surface area contributed by atoms with Crippen LogP contribution in [0.2, 0.25) is 0 Å². The van der Waals surface area contributed by atoms with Crippen molar-refractivity contribution in [1.29, 1.82) is 0 Å². The van der Waals surface area contributed by atoms with Gasteiger partial charge in [0.15, 0.2) is 16.4 Å². The van der Waals surface area contributed by atoms with Crippen molar-refractivity contribution in [1.82, 2.24) is 4.90 Å². The molecule has 0 bridgehead atoms. The Bertz CT molecular complexity index is 807. The number of hydrogen-bond acceptors (Lipinski definition) is 6. The summed E-state index contributed by atoms with van der Waals surface area (Å²) in [6.45, 7) is -0.247. The molecule has 0 saturated carbocycles. The summed E-state index contributed by atoms with van der Waals surface area (Å²) in [5.74, 6) is -0.125. The number of hydrogen-bond donors (Lipinski definition) is 1. The van der Waals surface area contributed by atoms with Crippen molar-refractivity contribution in [3.63, 3.8) is 0 Å². The van der Waals surface area contributed by atoms with E-state index in [4.69, 9.17) is 4.74 Å². The summed E-state index contributed by atoms with van der Waals surface area (Å²) in [4.78, 5) is 27.5. The first-order valence-corrected chi connectivity index (χ1v) is 9.80. The van der Waals surface area contributed by atoms with Gasteiger partial charge in [-0.05, 0) is 24.6 Å². The first-order chi connectivity index (χ1) is 11.8. The van der Waals surface area contributed by atoms with Crippen LogP contribution in [0.4, 0.5) is 5.69 Å². The number of ether oxygens (including phenoxy) is 1. The second-order valence-corrected chi connectivity index (χ2v) is 8.43. The number of fused-ring (bicyclic) bond motifs is 1. The van der Waals surface area contributed by atoms with Crippen LogP contribution in [0.15, 0.2) is 18.2 Å². The van der Waals surface area contributed by atoms with Crippen LogP contribution in [-0.2, 0) is 14.6 Å². The Kier molecular flexibility index (Phi) is 4.70. The van der Waals surface area contributed by atoms with Crippen molar-refractivity contribution in [2.45, 2.75) is 12.5 Å². The van der Waals surface area contributed by atoms with Gasteiger partial charge in [0.25, 0.3) is 11.8 Å². The molecule has 0 unspecified atom stereocenters. The lowest BCUT2D eigenvalue weighted by Crippen LogP contribution is -2.43. The highest BCUT2D eigenvalue weighted by Crippen LogP contribution is 2.32. The number of carbonyl (C=O) groups is 2. The number of amides is 2. The maximum absolute atomic E-state index is 12.9. The minimum absolute atomic E-state index is 0.0438. The third-order valence-electron chi connectivity index (χ3n) is 4.54. The van der Waals surface area contributed by atoms with Crippen molar-refractivity contribution in [2.75, 3.05) is 43.2 Å². The molecule has 1 aromatic rings. The van der Waals surface area contributed by atoms with Gasteiger partial charge in [0.1, 0.15) is 5.75 Å². The summed E-state index contributed by atoms with van der Waals surface area (Å²) in [6, 6.07) is 4.31. The van der Waals surface area contributed by atoms with Crippen molar-refractivity contribution >= 4 is 27.3 Å². The summed E-state index contributed by atoms with van der Waals surface area (Å²) >= 11 is 0. The second kappa shape index (κ2) is 6.64. The van der Waals surface area contributed by atoms with E-state index in [1.54, 1.807) is 25.2 Å². The Morgan fingerprint density at radius 1 is 1.44 bits per heavy atom. The largest absolute Gasteiger partial charge is 0.482 e. The summed E-state index contributed by atoms with van der Waals surface area (Å²) in [6.07, 6.45) is 0.362. The molecule has 0 radical (unpaired) electrons. The van der Waals surface area contributed by atoms with E-state index in [9.17, 15) is 23.1 Å². The van der Waals surface area contributed by atoms with E-state index in [1.165, 1.54) is 9.80 Å². The van der Waals surface area contributed by atoms with E-state index < -0.39 is 15.9 Å². The third kappa shape index (κ3) is 3.47. The molecule has 2 heterocycles. The smallest absolute Gasteiger partial charge is 0.264 e. The van der Waals surface area contributed by atoms with Crippen LogP contribution in [-0.4, -0.2) is 74.6 Å². The molecular formula is C16H20N2O6S. The van der Waals surface area contributed by atoms with Gasteiger partial charge < -0.3 is 19.6 Å². The normalized spacial score (nSPS) is 21.6. The maximum atomic E-state index is 12.9. The molecule has 1 fully saturated rings. The molecule has 136 valence electrons. The van der Waals surface area contributed by atoms with Gasteiger partial charge in [0.05, 0.1) is 23.8 Å². The van der Waals surface area contributed by atoms with Crippen molar-refractivity contribution in [2.24, 2.45) is 0 Å². The predicted molar refractivity (Wildman–Crippen MR) is 90.5 cm³/mol. The molecular weight excluding hydrogens is 348 g/mol. The average molecular weight is 368 g/mol. The average Bonchev–Trinajstić information content (AvgIpc) is 2.95. The monoisotopic (exact) mass is 368 g/mol. The van der Waals surface area contributed by atoms with Crippen molar-refractivity contribution in [3.8, 4) is 5.75 Å². The van der Waals surface area contributed by atoms with Crippen molar-refractivity contribution in [3.05, 3.63) is 23.8 Å². The van der Waals surface area contributed by atoms with Gasteiger partial charge in [-0.3, -0.25) is 9.59 Å². The minimum atomic E-state index is -3.15. The summed E-state index contributed by atoms with van der Waals surface area (Å²) in [5.41, 5.74) is 0.812. The zero-order valence-corrected chi connectivity index (χ0v) is 14.7. The lowest BCUT2D eigenvalue weighted by molar-refractivity contribution is -0.120. The van der Waals surface area contributed by atoms with Gasteiger partial charge in [-0.1, -0.05) is 0 Å². The Hall–Kier alpha value is -2.13. The maximum Gasteiger partial charge on any atom is 0.264 e. The summed E-state index contributed by atoms with van der Waals surface area (Å²) < 4.78 is 28.8. The van der Waals surface area contributed by atoms with Gasteiger partial charge >= 0.3 is 0 Å². The topological polar surface area (TPSA) is 104 Å². The second-order valence-electron chi connectivity index (χ2n) is 6.20. The number of sulfone groups is 1. The molecule has 1 atom stereocenters. The Morgan fingerprint density at radius 3 is 2.84 bits per heavy atom. The van der Waals surface area contributed by atoms with Gasteiger partial charge in [0, 0.05) is 25.2 Å². The third-order valence-corrected chi connectivity index (χ3v) is 6.29. The standard InChI is InChI=1S/C16H20N2O6S/c1-17-13-8-11(2-3-14(13)24-9-15(17)20)16(21)18(5-6-19)12-4-7-25(22,23)10-12/h2-3,8,12,19H,4-7,9-10H2,1H3/t12-/m0/s1. The summed E-state index contributed by atoms with van der Waals surface area (Å²) in [5, 5.41) is 9.28. The first-order valence-electron chi connectivity index (χ1n) is 7.98. The minimum Gasteiger partial charge on any atom is -0.482 e. The van der Waals surface area contributed by atoms with E-state index in [-0.39, 0.29) is 43.1 Å². The number of carbonyl (C=O) groups excluding carboxylic acids is 2. The predicted octanol–water partition coefficient (Wildman–Crippen LogP) is -0.337. The molecule has 2 aliphatic heterocycles. The lowest BCUT2D eigenvalue weighted by atomic mass is 10.1. The Labute approximate surface area is 145 Å². The quantitative estimate of drug-likeness (QED) is 0.780. The van der Waals surface area contributed by atoms with Crippen LogP contribution in [0, 0.1) is 0 Å². The number of aliphatic hydroxyl groups excluding tert-OH is 1. The highest BCUT2D eigenvalue weighted by molar-refractivity contribution is 7.91. The highest BCUT2D eigenvalue weighted by Gasteiger charge is 2.35. The molecule has 2 amide bonds. The van der Waals surface area contributed by atoms with Crippen LogP contribution in [0.5, 0.6) is 5.75 Å². The van der Waals surface area contributed by atoms with Crippen LogP contribution in [0.1, 0.15) is 16.8 Å². The molecule has 0 spiro atoms. The number of benzene rings is 1. The van der Waals surface area contributed by atoms with E-state index >= 15 is 0 Å². The lowest BCUT2D eigenvalue weighted by Gasteiger charge is -2.29. The molecule has 0 aliphatic carbocycles. The first kappa shape index (κ1) is 17.7. The fourth-order valence-electron chi connectivity index (χ4n) is 3.15. The molecule has 9 heteroatoms. The SMILES string of the molecule is CN1C(=O)COc2ccc(C(=O)N(CCO)[C@H]3CCS(=O)(=O)C3)cc21. The molecule has 1 aromatic carbocycles. The van der Waals surface area contributed by atoms with Crippen LogP contribution in [0.3, 0.4) is 0 Å². The number of anilines is 1. The highest BCUT2D eigenvalue weighted by atomic mass is 32.2. The van der Waals surface area contributed by atoms with E-state index in [1.807, 2.05) is 0 Å². The number of likely N-dealkylation sites (N-methyl/N-ethyl adjacent to an activating group) is 1. The fourth-order valence-corrected chi connectivity index (χ4v) is 4.88. The number of nitrogens with zero attached hydrogens (tertiary/aromatic N) is 2. The van der Waals surface area contributed by atoms with Crippen LogP contribution in [0.25, 0.3) is 0 Å².